The van der Waals surface area contributed by atoms with Crippen LogP contribution in [0.1, 0.15) is 45.7 Å². The topological polar surface area (TPSA) is 26.0 Å². The Balaban J connectivity index is 2.76. The summed E-state index contributed by atoms with van der Waals surface area (Å²) in [7, 11) is 0. The van der Waals surface area contributed by atoms with E-state index in [9.17, 15) is 0 Å². The molecule has 2 unspecified atom stereocenters. The zero-order chi connectivity index (χ0) is 13.2. The molecule has 1 nitrogen and oxygen atoms in total. The Morgan fingerprint density at radius 2 is 1.76 bits per heavy atom. The van der Waals surface area contributed by atoms with Crippen LogP contribution in [-0.4, -0.2) is 0 Å². The Labute approximate surface area is 114 Å². The van der Waals surface area contributed by atoms with E-state index in [0.717, 1.165) is 12.0 Å². The second-order valence-corrected chi connectivity index (χ2v) is 6.60. The zero-order valence-electron chi connectivity index (χ0n) is 10.9. The van der Waals surface area contributed by atoms with Crippen molar-refractivity contribution in [2.45, 2.75) is 40.2 Å². The first kappa shape index (κ1) is 14.8. The Bertz CT molecular complexity index is 382. The van der Waals surface area contributed by atoms with Gasteiger partial charge in [0.2, 0.25) is 0 Å². The van der Waals surface area contributed by atoms with Gasteiger partial charge >= 0.3 is 0 Å². The minimum atomic E-state index is 0.0130. The summed E-state index contributed by atoms with van der Waals surface area (Å²) >= 11 is 11.9. The molecule has 0 aromatic heterocycles. The zero-order valence-corrected chi connectivity index (χ0v) is 12.4. The van der Waals surface area contributed by atoms with Gasteiger partial charge in [0.25, 0.3) is 0 Å². The van der Waals surface area contributed by atoms with Crippen LogP contribution < -0.4 is 5.73 Å². The third-order valence-electron chi connectivity index (χ3n) is 3.46. The smallest absolute Gasteiger partial charge is 0.0595 e. The Morgan fingerprint density at radius 1 is 1.18 bits per heavy atom. The molecule has 0 heterocycles. The van der Waals surface area contributed by atoms with Crippen LogP contribution >= 0.6 is 23.2 Å². The standard InChI is InChI=1S/C14H21Cl2N/c1-9(14(2,3)4)7-13(17)10-5-6-11(15)12(16)8-10/h5-6,8-9,13H,7,17H2,1-4H3. The number of hydrogen-bond donors (Lipinski definition) is 1. The van der Waals surface area contributed by atoms with Crippen molar-refractivity contribution in [1.29, 1.82) is 0 Å². The van der Waals surface area contributed by atoms with Gasteiger partial charge in [0.05, 0.1) is 10.0 Å². The predicted octanol–water partition coefficient (Wildman–Crippen LogP) is 5.07. The van der Waals surface area contributed by atoms with Crippen LogP contribution in [0.3, 0.4) is 0 Å². The highest BCUT2D eigenvalue weighted by Gasteiger charge is 2.22. The lowest BCUT2D eigenvalue weighted by atomic mass is 9.78. The maximum Gasteiger partial charge on any atom is 0.0595 e. The predicted molar refractivity (Wildman–Crippen MR) is 76.6 cm³/mol. The lowest BCUT2D eigenvalue weighted by Gasteiger charge is -2.29. The van der Waals surface area contributed by atoms with E-state index in [-0.39, 0.29) is 11.5 Å². The van der Waals surface area contributed by atoms with Crippen LogP contribution in [0.2, 0.25) is 10.0 Å². The molecule has 0 fully saturated rings. The molecule has 0 aliphatic heterocycles. The molecule has 1 rings (SSSR count). The van der Waals surface area contributed by atoms with Crippen molar-refractivity contribution in [3.63, 3.8) is 0 Å². The van der Waals surface area contributed by atoms with Gasteiger partial charge in [-0.05, 0) is 35.4 Å². The second-order valence-electron chi connectivity index (χ2n) is 5.78. The van der Waals surface area contributed by atoms with Crippen LogP contribution in [0.25, 0.3) is 0 Å². The number of hydrogen-bond acceptors (Lipinski definition) is 1. The first-order valence-electron chi connectivity index (χ1n) is 5.92. The van der Waals surface area contributed by atoms with Crippen molar-refractivity contribution >= 4 is 23.2 Å². The molecule has 0 spiro atoms. The van der Waals surface area contributed by atoms with Crippen molar-refractivity contribution < 1.29 is 0 Å². The SMILES string of the molecule is CC(CC(N)c1ccc(Cl)c(Cl)c1)C(C)(C)C. The fraction of sp³-hybridized carbons (Fsp3) is 0.571. The summed E-state index contributed by atoms with van der Waals surface area (Å²) in [5.41, 5.74) is 7.53. The molecule has 0 aliphatic rings. The maximum atomic E-state index is 6.21. The van der Waals surface area contributed by atoms with E-state index in [1.165, 1.54) is 0 Å². The minimum absolute atomic E-state index is 0.0130. The summed E-state index contributed by atoms with van der Waals surface area (Å²) in [6.45, 7) is 8.94. The van der Waals surface area contributed by atoms with E-state index in [1.54, 1.807) is 6.07 Å². The van der Waals surface area contributed by atoms with E-state index in [4.69, 9.17) is 28.9 Å². The molecule has 0 saturated carbocycles. The molecule has 0 bridgehead atoms. The van der Waals surface area contributed by atoms with Crippen LogP contribution in [0.4, 0.5) is 0 Å². The van der Waals surface area contributed by atoms with Crippen LogP contribution in [-0.2, 0) is 0 Å². The molecule has 3 heteroatoms. The van der Waals surface area contributed by atoms with Gasteiger partial charge in [0.1, 0.15) is 0 Å². The van der Waals surface area contributed by atoms with Crippen molar-refractivity contribution in [2.75, 3.05) is 0 Å². The van der Waals surface area contributed by atoms with Crippen molar-refractivity contribution in [1.82, 2.24) is 0 Å². The van der Waals surface area contributed by atoms with E-state index >= 15 is 0 Å². The molecule has 96 valence electrons. The highest BCUT2D eigenvalue weighted by atomic mass is 35.5. The van der Waals surface area contributed by atoms with Gasteiger partial charge in [-0.2, -0.15) is 0 Å². The highest BCUT2D eigenvalue weighted by Crippen LogP contribution is 2.33. The summed E-state index contributed by atoms with van der Waals surface area (Å²) in [6.07, 6.45) is 0.946. The van der Waals surface area contributed by atoms with Gasteiger partial charge in [-0.15, -0.1) is 0 Å². The quantitative estimate of drug-likeness (QED) is 0.818. The van der Waals surface area contributed by atoms with E-state index in [0.29, 0.717) is 16.0 Å². The summed E-state index contributed by atoms with van der Waals surface area (Å²) in [4.78, 5) is 0. The van der Waals surface area contributed by atoms with Gasteiger partial charge < -0.3 is 5.73 Å². The number of benzene rings is 1. The largest absolute Gasteiger partial charge is 0.324 e. The van der Waals surface area contributed by atoms with Gasteiger partial charge in [-0.3, -0.25) is 0 Å². The average molecular weight is 274 g/mol. The lowest BCUT2D eigenvalue weighted by Crippen LogP contribution is -2.23. The summed E-state index contributed by atoms with van der Waals surface area (Å²) < 4.78 is 0. The average Bonchev–Trinajstić information content (AvgIpc) is 2.20. The molecule has 2 atom stereocenters. The van der Waals surface area contributed by atoms with Crippen molar-refractivity contribution in [2.24, 2.45) is 17.1 Å². The fourth-order valence-electron chi connectivity index (χ4n) is 1.61. The Kier molecular flexibility index (Phi) is 4.88. The van der Waals surface area contributed by atoms with E-state index < -0.39 is 0 Å². The number of nitrogens with two attached hydrogens (primary N) is 1. The monoisotopic (exact) mass is 273 g/mol. The first-order valence-corrected chi connectivity index (χ1v) is 6.68. The lowest BCUT2D eigenvalue weighted by molar-refractivity contribution is 0.234. The second kappa shape index (κ2) is 5.60. The van der Waals surface area contributed by atoms with Crippen LogP contribution in [0, 0.1) is 11.3 Å². The summed E-state index contributed by atoms with van der Waals surface area (Å²) in [5, 5.41) is 1.15. The summed E-state index contributed by atoms with van der Waals surface area (Å²) in [5.74, 6) is 0.548. The summed E-state index contributed by atoms with van der Waals surface area (Å²) in [6, 6.07) is 5.64. The van der Waals surface area contributed by atoms with Crippen LogP contribution in [0.5, 0.6) is 0 Å². The molecule has 0 amide bonds. The molecule has 0 radical (unpaired) electrons. The third-order valence-corrected chi connectivity index (χ3v) is 4.20. The number of rotatable bonds is 3. The number of halogens is 2. The minimum Gasteiger partial charge on any atom is -0.324 e. The normalized spacial score (nSPS) is 15.7. The molecule has 0 saturated heterocycles. The van der Waals surface area contributed by atoms with Crippen LogP contribution in [0.15, 0.2) is 18.2 Å². The van der Waals surface area contributed by atoms with Crippen molar-refractivity contribution in [3.05, 3.63) is 33.8 Å². The van der Waals surface area contributed by atoms with Gasteiger partial charge in [-0.1, -0.05) is 57.0 Å². The van der Waals surface area contributed by atoms with Gasteiger partial charge in [-0.25, -0.2) is 0 Å². The molecule has 2 N–H and O–H groups in total. The molecule has 0 aliphatic carbocycles. The molecule has 1 aromatic rings. The van der Waals surface area contributed by atoms with Gasteiger partial charge in [0.15, 0.2) is 0 Å². The Hall–Kier alpha value is -0.240. The Morgan fingerprint density at radius 3 is 2.24 bits per heavy atom. The fourth-order valence-corrected chi connectivity index (χ4v) is 1.92. The van der Waals surface area contributed by atoms with E-state index in [1.807, 2.05) is 12.1 Å². The van der Waals surface area contributed by atoms with Crippen molar-refractivity contribution in [3.8, 4) is 0 Å². The molecular formula is C14H21Cl2N. The van der Waals surface area contributed by atoms with E-state index in [2.05, 4.69) is 27.7 Å². The third kappa shape index (κ3) is 4.17. The molecule has 1 aromatic carbocycles. The maximum absolute atomic E-state index is 6.21. The highest BCUT2D eigenvalue weighted by molar-refractivity contribution is 6.42. The first-order chi connectivity index (χ1) is 7.71. The van der Waals surface area contributed by atoms with Gasteiger partial charge in [0, 0.05) is 6.04 Å². The molecular weight excluding hydrogens is 253 g/mol. The molecule has 17 heavy (non-hydrogen) atoms.